The molecule has 0 saturated carbocycles. The van der Waals surface area contributed by atoms with Crippen molar-refractivity contribution in [1.82, 2.24) is 14.8 Å². The lowest BCUT2D eigenvalue weighted by Gasteiger charge is -2.32. The zero-order valence-electron chi connectivity index (χ0n) is 17.6. The van der Waals surface area contributed by atoms with Gasteiger partial charge in [0.2, 0.25) is 0 Å². The lowest BCUT2D eigenvalue weighted by molar-refractivity contribution is 0.301. The molecule has 2 aromatic rings. The lowest BCUT2D eigenvalue weighted by atomic mass is 9.92. The Hall–Kier alpha value is -3.06. The summed E-state index contributed by atoms with van der Waals surface area (Å²) in [5, 5.41) is 3.47. The minimum absolute atomic E-state index is 0.103. The molecule has 3 aliphatic rings. The van der Waals surface area contributed by atoms with Gasteiger partial charge in [-0.1, -0.05) is 30.3 Å². The zero-order valence-corrected chi connectivity index (χ0v) is 18.4. The Morgan fingerprint density at radius 2 is 1.94 bits per heavy atom. The highest BCUT2D eigenvalue weighted by Crippen LogP contribution is 2.42. The van der Waals surface area contributed by atoms with Crippen LogP contribution in [0.2, 0.25) is 0 Å². The number of nitrogens with zero attached hydrogens (tertiary/aromatic N) is 2. The first-order valence-corrected chi connectivity index (χ1v) is 12.5. The maximum atomic E-state index is 13.2. The van der Waals surface area contributed by atoms with E-state index in [1.54, 1.807) is 17.8 Å². The van der Waals surface area contributed by atoms with Gasteiger partial charge in [-0.3, -0.25) is 4.79 Å². The van der Waals surface area contributed by atoms with Crippen LogP contribution in [0.1, 0.15) is 23.1 Å². The predicted octanol–water partition coefficient (Wildman–Crippen LogP) is 2.30. The molecule has 7 heteroatoms. The van der Waals surface area contributed by atoms with Crippen LogP contribution in [0.15, 0.2) is 70.8 Å². The van der Waals surface area contributed by atoms with Gasteiger partial charge in [-0.25, -0.2) is 8.42 Å². The highest BCUT2D eigenvalue weighted by Gasteiger charge is 2.38. The number of nitrogens with one attached hydrogen (secondary N) is 1. The number of aromatic nitrogens is 1. The number of rotatable bonds is 4. The van der Waals surface area contributed by atoms with Crippen molar-refractivity contribution < 1.29 is 8.42 Å². The molecule has 6 nitrogen and oxygen atoms in total. The van der Waals surface area contributed by atoms with E-state index in [1.807, 2.05) is 30.3 Å². The van der Waals surface area contributed by atoms with Crippen LogP contribution in [0.5, 0.6) is 0 Å². The molecular weight excluding hydrogens is 410 g/mol. The van der Waals surface area contributed by atoms with Crippen molar-refractivity contribution in [3.8, 4) is 0 Å². The first-order chi connectivity index (χ1) is 14.8. The third-order valence-corrected chi connectivity index (χ3v) is 6.99. The van der Waals surface area contributed by atoms with E-state index in [9.17, 15) is 13.2 Å². The van der Waals surface area contributed by atoms with Crippen molar-refractivity contribution in [1.29, 1.82) is 0 Å². The summed E-state index contributed by atoms with van der Waals surface area (Å²) in [4.78, 5) is 15.5. The summed E-state index contributed by atoms with van der Waals surface area (Å²) in [5.74, 6) is -0.103. The molecule has 0 bridgehead atoms. The van der Waals surface area contributed by atoms with Gasteiger partial charge in [-0.15, -0.1) is 0 Å². The standard InChI is InChI=1S/C24H25N3O3S/c1-26-11-9-19-18(15-31(2,29)30)12-17-14-27(13-16-6-4-3-5-7-16)20-8-10-25-23(21(17)20)22(19)24(26)28/h3-7,9,11-12,14,20,25H,8,10,13,15H2,1-2H3. The summed E-state index contributed by atoms with van der Waals surface area (Å²) in [6.45, 7) is 1.52. The van der Waals surface area contributed by atoms with Crippen LogP contribution in [0.25, 0.3) is 11.3 Å². The Balaban J connectivity index is 1.71. The Kier molecular flexibility index (Phi) is 4.66. The fraction of sp³-hybridized carbons (Fsp3) is 0.292. The summed E-state index contributed by atoms with van der Waals surface area (Å²) in [5.41, 5.74) is 5.96. The van der Waals surface area contributed by atoms with Crippen molar-refractivity contribution in [3.05, 3.63) is 93.1 Å². The van der Waals surface area contributed by atoms with E-state index in [-0.39, 0.29) is 17.4 Å². The monoisotopic (exact) mass is 435 g/mol. The maximum absolute atomic E-state index is 13.2. The van der Waals surface area contributed by atoms with Crippen LogP contribution >= 0.6 is 0 Å². The largest absolute Gasteiger partial charge is 0.384 e. The molecule has 1 aromatic heterocycles. The Morgan fingerprint density at radius 1 is 1.16 bits per heavy atom. The molecule has 3 heterocycles. The smallest absolute Gasteiger partial charge is 0.260 e. The molecule has 31 heavy (non-hydrogen) atoms. The molecule has 5 rings (SSSR count). The number of pyridine rings is 1. The molecular formula is C24H25N3O3S. The second-order valence-electron chi connectivity index (χ2n) is 8.52. The van der Waals surface area contributed by atoms with Crippen LogP contribution in [0.4, 0.5) is 0 Å². The molecule has 0 fully saturated rings. The third-order valence-electron chi connectivity index (χ3n) is 6.16. The van der Waals surface area contributed by atoms with Gasteiger partial charge in [0, 0.05) is 44.4 Å². The van der Waals surface area contributed by atoms with E-state index < -0.39 is 9.84 Å². The van der Waals surface area contributed by atoms with Crippen molar-refractivity contribution in [3.63, 3.8) is 0 Å². The van der Waals surface area contributed by atoms with E-state index in [0.29, 0.717) is 16.7 Å². The van der Waals surface area contributed by atoms with Crippen LogP contribution in [0, 0.1) is 0 Å². The minimum atomic E-state index is -3.28. The molecule has 0 radical (unpaired) electrons. The zero-order chi connectivity index (χ0) is 21.8. The molecule has 0 amide bonds. The van der Waals surface area contributed by atoms with E-state index in [0.717, 1.165) is 36.4 Å². The van der Waals surface area contributed by atoms with Gasteiger partial charge in [-0.2, -0.15) is 0 Å². The fourth-order valence-electron chi connectivity index (χ4n) is 4.84. The molecule has 1 atom stereocenters. The van der Waals surface area contributed by atoms with Crippen LogP contribution in [-0.4, -0.2) is 42.5 Å². The molecule has 1 unspecified atom stereocenters. The summed E-state index contributed by atoms with van der Waals surface area (Å²) in [7, 11) is -1.55. The number of hydrogen-bond acceptors (Lipinski definition) is 5. The van der Waals surface area contributed by atoms with Crippen LogP contribution < -0.4 is 10.9 Å². The summed E-state index contributed by atoms with van der Waals surface area (Å²) >= 11 is 0. The maximum Gasteiger partial charge on any atom is 0.260 e. The second kappa shape index (κ2) is 7.27. The minimum Gasteiger partial charge on any atom is -0.384 e. The molecule has 0 saturated heterocycles. The number of aryl methyl sites for hydroxylation is 1. The number of allylic oxidation sites excluding steroid dienone is 1. The Morgan fingerprint density at radius 3 is 2.68 bits per heavy atom. The van der Waals surface area contributed by atoms with Gasteiger partial charge < -0.3 is 14.8 Å². The average molecular weight is 436 g/mol. The summed E-state index contributed by atoms with van der Waals surface area (Å²) in [6.07, 6.45) is 7.95. The fourth-order valence-corrected chi connectivity index (χ4v) is 5.64. The van der Waals surface area contributed by atoms with E-state index in [4.69, 9.17) is 0 Å². The van der Waals surface area contributed by atoms with Gasteiger partial charge in [0.25, 0.3) is 5.56 Å². The third kappa shape index (κ3) is 3.53. The number of sulfone groups is 1. The van der Waals surface area contributed by atoms with Gasteiger partial charge >= 0.3 is 0 Å². The molecule has 2 aliphatic heterocycles. The van der Waals surface area contributed by atoms with E-state index in [2.05, 4.69) is 28.5 Å². The van der Waals surface area contributed by atoms with Crippen molar-refractivity contribution in [2.24, 2.45) is 7.05 Å². The molecule has 0 spiro atoms. The quantitative estimate of drug-likeness (QED) is 0.798. The second-order valence-corrected chi connectivity index (χ2v) is 10.7. The number of fused-ring (bicyclic) bond motifs is 2. The van der Waals surface area contributed by atoms with Gasteiger partial charge in [0.15, 0.2) is 9.84 Å². The predicted molar refractivity (Wildman–Crippen MR) is 123 cm³/mol. The molecule has 1 aromatic carbocycles. The summed E-state index contributed by atoms with van der Waals surface area (Å²) < 4.78 is 26.0. The van der Waals surface area contributed by atoms with Crippen LogP contribution in [0.3, 0.4) is 0 Å². The van der Waals surface area contributed by atoms with Gasteiger partial charge in [0.1, 0.15) is 0 Å². The molecule has 1 aliphatic carbocycles. The topological polar surface area (TPSA) is 71.4 Å². The van der Waals surface area contributed by atoms with Crippen molar-refractivity contribution >= 4 is 21.1 Å². The Labute approximate surface area is 182 Å². The van der Waals surface area contributed by atoms with E-state index in [1.165, 1.54) is 11.8 Å². The van der Waals surface area contributed by atoms with Crippen molar-refractivity contribution in [2.75, 3.05) is 18.6 Å². The summed E-state index contributed by atoms with van der Waals surface area (Å²) in [6, 6.07) is 12.3. The van der Waals surface area contributed by atoms with Crippen molar-refractivity contribution in [2.45, 2.75) is 19.0 Å². The highest BCUT2D eigenvalue weighted by atomic mass is 32.2. The number of hydrogen-bond donors (Lipinski definition) is 1. The van der Waals surface area contributed by atoms with E-state index >= 15 is 0 Å². The normalized spacial score (nSPS) is 19.8. The van der Waals surface area contributed by atoms with Gasteiger partial charge in [-0.05, 0) is 40.8 Å². The SMILES string of the molecule is Cn1ccc2c(c1=O)C1=C3C(=CN(Cc4ccccc4)C3CCN1)C=C2CS(C)(=O)=O. The van der Waals surface area contributed by atoms with Crippen LogP contribution in [-0.2, 0) is 23.4 Å². The Bertz CT molecular complexity index is 1320. The lowest BCUT2D eigenvalue weighted by Crippen LogP contribution is -2.38. The molecule has 1 N–H and O–H groups in total. The average Bonchev–Trinajstić information content (AvgIpc) is 3.00. The molecule has 160 valence electrons. The first-order valence-electron chi connectivity index (χ1n) is 10.4. The highest BCUT2D eigenvalue weighted by molar-refractivity contribution is 7.91. The number of benzene rings is 1. The van der Waals surface area contributed by atoms with Gasteiger partial charge in [0.05, 0.1) is 23.1 Å². The first kappa shape index (κ1) is 19.9.